The van der Waals surface area contributed by atoms with Gasteiger partial charge in [0.1, 0.15) is 0 Å². The molecule has 1 atom stereocenters. The third kappa shape index (κ3) is 4.70. The predicted molar refractivity (Wildman–Crippen MR) is 93.7 cm³/mol. The van der Waals surface area contributed by atoms with Gasteiger partial charge in [-0.3, -0.25) is 0 Å². The topological polar surface area (TPSA) is 193 Å². The molecule has 2 rings (SSSR count). The molecule has 0 aliphatic heterocycles. The van der Waals surface area contributed by atoms with E-state index in [1.165, 1.54) is 0 Å². The second kappa shape index (κ2) is 7.64. The number of carbonyl (C=O) groups excluding carboxylic acids is 1. The molecule has 28 heavy (non-hydrogen) atoms. The van der Waals surface area contributed by atoms with Crippen molar-refractivity contribution in [3.8, 4) is 11.5 Å². The van der Waals surface area contributed by atoms with Crippen molar-refractivity contribution < 1.29 is 39.4 Å². The van der Waals surface area contributed by atoms with Crippen LogP contribution in [0.4, 0.5) is 11.4 Å². The number of rotatable bonds is 6. The van der Waals surface area contributed by atoms with Gasteiger partial charge in [-0.2, -0.15) is 0 Å². The molecule has 0 radical (unpaired) electrons. The second-order valence-electron chi connectivity index (χ2n) is 5.34. The van der Waals surface area contributed by atoms with Crippen LogP contribution in [0, 0.1) is 10.1 Å². The summed E-state index contributed by atoms with van der Waals surface area (Å²) in [7, 11) is -4.94. The Bertz CT molecular complexity index is 1120. The Kier molecular flexibility index (Phi) is 5.85. The van der Waals surface area contributed by atoms with E-state index >= 15 is 0 Å². The normalized spacial score (nSPS) is 13.5. The van der Waals surface area contributed by atoms with Crippen molar-refractivity contribution in [2.45, 2.75) is 11.8 Å². The quantitative estimate of drug-likeness (QED) is 0.190. The summed E-state index contributed by atoms with van der Waals surface area (Å²) in [5, 5.41) is 32.0. The molecule has 0 aliphatic rings. The Labute approximate surface area is 160 Å². The van der Waals surface area contributed by atoms with Gasteiger partial charge in [0.15, 0.2) is 0 Å². The van der Waals surface area contributed by atoms with Crippen molar-refractivity contribution in [3.63, 3.8) is 0 Å². The molecule has 1 amide bonds. The molecule has 0 heterocycles. The van der Waals surface area contributed by atoms with Gasteiger partial charge < -0.3 is 0 Å². The first-order valence-corrected chi connectivity index (χ1v) is 11.9. The van der Waals surface area contributed by atoms with E-state index < -0.39 is 61.6 Å². The molecule has 0 spiro atoms. The molecule has 0 aromatic heterocycles. The Morgan fingerprint density at radius 3 is 2.36 bits per heavy atom. The first-order chi connectivity index (χ1) is 12.8. The average molecular weight is 476 g/mol. The van der Waals surface area contributed by atoms with Gasteiger partial charge in [-0.15, -0.1) is 0 Å². The molecule has 0 fully saturated rings. The number of hydrogen-bond donors (Lipinski definition) is 4. The van der Waals surface area contributed by atoms with Gasteiger partial charge in [-0.25, -0.2) is 0 Å². The third-order valence-corrected chi connectivity index (χ3v) is 8.94. The second-order valence-corrected chi connectivity index (χ2v) is 11.1. The number of benzene rings is 2. The zero-order valence-corrected chi connectivity index (χ0v) is 16.7. The van der Waals surface area contributed by atoms with Crippen molar-refractivity contribution in [1.29, 1.82) is 0 Å². The molecule has 0 aliphatic carbocycles. The number of phenols is 2. The van der Waals surface area contributed by atoms with Gasteiger partial charge in [-0.1, -0.05) is 0 Å². The molecular weight excluding hydrogens is 463 g/mol. The van der Waals surface area contributed by atoms with Crippen LogP contribution in [-0.4, -0.2) is 47.7 Å². The Balaban J connectivity index is 2.43. The zero-order valence-electron chi connectivity index (χ0n) is 14.0. The number of hydrogen-bond acceptors (Lipinski definition) is 9. The molecule has 0 bridgehead atoms. The molecule has 2 aromatic rings. The Morgan fingerprint density at radius 2 is 1.79 bits per heavy atom. The fourth-order valence-corrected chi connectivity index (χ4v) is 6.86. The number of aromatic hydroxyl groups is 2. The first-order valence-electron chi connectivity index (χ1n) is 7.21. The molecule has 14 heteroatoms. The van der Waals surface area contributed by atoms with E-state index in [-0.39, 0.29) is 5.69 Å². The van der Waals surface area contributed by atoms with E-state index in [2.05, 4.69) is 8.49 Å². The summed E-state index contributed by atoms with van der Waals surface area (Å²) < 4.78 is 51.0. The summed E-state index contributed by atoms with van der Waals surface area (Å²) in [6.07, 6.45) is 0. The molecule has 0 saturated carbocycles. The van der Waals surface area contributed by atoms with E-state index in [1.807, 2.05) is 0 Å². The van der Waals surface area contributed by atoms with Crippen LogP contribution >= 0.6 is 0 Å². The Hall–Kier alpha value is -2.86. The number of nitrogens with zero attached hydrogens (tertiary/aromatic N) is 1. The summed E-state index contributed by atoms with van der Waals surface area (Å²) in [5.74, 6) is -1.84. The van der Waals surface area contributed by atoms with Gasteiger partial charge in [0.05, 0.1) is 0 Å². The average Bonchev–Trinajstić information content (AvgIpc) is 2.55. The van der Waals surface area contributed by atoms with Crippen LogP contribution in [0.15, 0.2) is 41.3 Å². The van der Waals surface area contributed by atoms with Gasteiger partial charge in [0.2, 0.25) is 0 Å². The maximum atomic E-state index is 12.5. The van der Waals surface area contributed by atoms with E-state index in [0.717, 1.165) is 37.3 Å². The molecular formula is C14H13AsN2O10S. The number of nitro groups is 1. The summed E-state index contributed by atoms with van der Waals surface area (Å²) in [6.45, 7) is 1.12. The standard InChI is InChI=1S/C14H13AsN2O10S/c1-8(18)16-11-6-9(2-4-13(11)19)15(21,22)27-28(25,26)10-3-5-14(20)12(7-10)17(23)24/h2-7,19-20H,1H3,(H,16,18)(H,21,22). The summed E-state index contributed by atoms with van der Waals surface area (Å²) in [5.41, 5.74) is -1.19. The summed E-state index contributed by atoms with van der Waals surface area (Å²) in [6, 6.07) is 4.69. The minimum absolute atomic E-state index is 0.248. The van der Waals surface area contributed by atoms with Crippen molar-refractivity contribution in [1.82, 2.24) is 0 Å². The van der Waals surface area contributed by atoms with Gasteiger partial charge in [-0.05, 0) is 0 Å². The van der Waals surface area contributed by atoms with Crippen molar-refractivity contribution in [2.75, 3.05) is 5.32 Å². The fourth-order valence-electron chi connectivity index (χ4n) is 2.01. The number of nitro benzene ring substituents is 1. The Morgan fingerprint density at radius 1 is 1.18 bits per heavy atom. The van der Waals surface area contributed by atoms with E-state index in [0.29, 0.717) is 6.07 Å². The maximum absolute atomic E-state index is 12.5. The fraction of sp³-hybridized carbons (Fsp3) is 0.0714. The van der Waals surface area contributed by atoms with Crippen LogP contribution in [-0.2, 0) is 21.8 Å². The number of amides is 1. The molecule has 1 unspecified atom stereocenters. The first kappa shape index (κ1) is 21.4. The monoisotopic (exact) mass is 476 g/mol. The van der Waals surface area contributed by atoms with Crippen molar-refractivity contribution in [3.05, 3.63) is 46.5 Å². The summed E-state index contributed by atoms with van der Waals surface area (Å²) in [4.78, 5) is 20.1. The number of phenolic OH excluding ortho intramolecular Hbond substituents is 2. The van der Waals surface area contributed by atoms with Crippen molar-refractivity contribution in [2.24, 2.45) is 0 Å². The van der Waals surface area contributed by atoms with Crippen LogP contribution in [0.3, 0.4) is 0 Å². The van der Waals surface area contributed by atoms with Gasteiger partial charge in [0.25, 0.3) is 0 Å². The van der Waals surface area contributed by atoms with Gasteiger partial charge >= 0.3 is 160 Å². The molecule has 2 aromatic carbocycles. The molecule has 4 N–H and O–H groups in total. The van der Waals surface area contributed by atoms with Crippen LogP contribution in [0.25, 0.3) is 0 Å². The molecule has 150 valence electrons. The predicted octanol–water partition coefficient (Wildman–Crippen LogP) is -0.0614. The minimum atomic E-state index is -5.80. The summed E-state index contributed by atoms with van der Waals surface area (Å²) >= 11 is -5.80. The van der Waals surface area contributed by atoms with E-state index in [4.69, 9.17) is 0 Å². The van der Waals surface area contributed by atoms with Crippen LogP contribution < -0.4 is 9.67 Å². The number of carbonyl (C=O) groups is 1. The van der Waals surface area contributed by atoms with Crippen LogP contribution in [0.2, 0.25) is 0 Å². The third-order valence-electron chi connectivity index (χ3n) is 3.25. The van der Waals surface area contributed by atoms with Crippen molar-refractivity contribution >= 4 is 45.9 Å². The van der Waals surface area contributed by atoms with Crippen LogP contribution in [0.5, 0.6) is 11.5 Å². The van der Waals surface area contributed by atoms with Crippen LogP contribution in [0.1, 0.15) is 6.92 Å². The number of nitrogens with one attached hydrogen (secondary N) is 1. The van der Waals surface area contributed by atoms with E-state index in [1.54, 1.807) is 0 Å². The number of anilines is 1. The van der Waals surface area contributed by atoms with E-state index in [9.17, 15) is 41.4 Å². The zero-order chi connectivity index (χ0) is 21.3. The molecule has 0 saturated heterocycles. The van der Waals surface area contributed by atoms with Gasteiger partial charge in [0, 0.05) is 0 Å². The molecule has 12 nitrogen and oxygen atoms in total. The SMILES string of the molecule is CC(=O)Nc1cc([As](=O)(O)OS(=O)(=O)c2ccc(O)c([N+](=O)[O-])c2)ccc1O.